The van der Waals surface area contributed by atoms with E-state index in [2.05, 4.69) is 17.0 Å². The van der Waals surface area contributed by atoms with Gasteiger partial charge >= 0.3 is 5.97 Å². The van der Waals surface area contributed by atoms with Crippen LogP contribution >= 0.6 is 0 Å². The number of anilines is 1. The maximum atomic E-state index is 11.3. The molecular weight excluding hydrogens is 242 g/mol. The van der Waals surface area contributed by atoms with Crippen molar-refractivity contribution < 1.29 is 14.3 Å². The van der Waals surface area contributed by atoms with Gasteiger partial charge in [-0.2, -0.15) is 0 Å². The summed E-state index contributed by atoms with van der Waals surface area (Å²) in [5.41, 5.74) is 1.19. The average molecular weight is 263 g/mol. The first-order chi connectivity index (χ1) is 9.22. The van der Waals surface area contributed by atoms with Crippen LogP contribution in [0.4, 0.5) is 5.69 Å². The quantitative estimate of drug-likeness (QED) is 0.765. The Hall–Kier alpha value is -1.71. The third-order valence-electron chi connectivity index (χ3n) is 3.48. The van der Waals surface area contributed by atoms with Crippen molar-refractivity contribution in [2.75, 3.05) is 31.7 Å². The zero-order chi connectivity index (χ0) is 13.7. The number of methoxy groups -OCH3 is 1. The lowest BCUT2D eigenvalue weighted by Gasteiger charge is -2.19. The molecule has 2 rings (SSSR count). The molecule has 0 aliphatic carbocycles. The fourth-order valence-corrected chi connectivity index (χ4v) is 2.47. The molecule has 0 amide bonds. The van der Waals surface area contributed by atoms with E-state index in [4.69, 9.17) is 9.47 Å². The van der Waals surface area contributed by atoms with E-state index in [0.717, 1.165) is 25.3 Å². The summed E-state index contributed by atoms with van der Waals surface area (Å²) in [6, 6.07) is 8.13. The van der Waals surface area contributed by atoms with Crippen LogP contribution in [0.5, 0.6) is 5.75 Å². The molecule has 1 atom stereocenters. The molecule has 1 unspecified atom stereocenters. The summed E-state index contributed by atoms with van der Waals surface area (Å²) < 4.78 is 10.2. The predicted molar refractivity (Wildman–Crippen MR) is 74.6 cm³/mol. The number of hydrogen-bond donors (Lipinski definition) is 0. The summed E-state index contributed by atoms with van der Waals surface area (Å²) in [6.07, 6.45) is 1.56. The van der Waals surface area contributed by atoms with Gasteiger partial charge in [-0.1, -0.05) is 0 Å². The lowest BCUT2D eigenvalue weighted by atomic mass is 10.1. The van der Waals surface area contributed by atoms with Crippen LogP contribution in [0, 0.1) is 5.92 Å². The molecule has 0 N–H and O–H groups in total. The first kappa shape index (κ1) is 13.7. The van der Waals surface area contributed by atoms with Gasteiger partial charge < -0.3 is 14.4 Å². The Morgan fingerprint density at radius 2 is 2.11 bits per heavy atom. The van der Waals surface area contributed by atoms with Crippen LogP contribution in [0.3, 0.4) is 0 Å². The van der Waals surface area contributed by atoms with E-state index in [1.165, 1.54) is 12.8 Å². The largest absolute Gasteiger partial charge is 0.494 e. The van der Waals surface area contributed by atoms with Gasteiger partial charge in [0.15, 0.2) is 0 Å². The highest BCUT2D eigenvalue weighted by molar-refractivity contribution is 5.69. The van der Waals surface area contributed by atoms with E-state index in [0.29, 0.717) is 18.9 Å². The maximum absolute atomic E-state index is 11.3. The van der Waals surface area contributed by atoms with Crippen LogP contribution < -0.4 is 9.64 Å². The van der Waals surface area contributed by atoms with Gasteiger partial charge in [0.25, 0.3) is 0 Å². The molecule has 19 heavy (non-hydrogen) atoms. The van der Waals surface area contributed by atoms with Crippen molar-refractivity contribution in [2.24, 2.45) is 5.92 Å². The van der Waals surface area contributed by atoms with Crippen molar-refractivity contribution in [1.82, 2.24) is 0 Å². The minimum Gasteiger partial charge on any atom is -0.494 e. The second-order valence-corrected chi connectivity index (χ2v) is 4.81. The first-order valence-corrected chi connectivity index (χ1v) is 6.77. The highest BCUT2D eigenvalue weighted by atomic mass is 16.5. The van der Waals surface area contributed by atoms with E-state index in [1.54, 1.807) is 0 Å². The summed E-state index contributed by atoms with van der Waals surface area (Å²) in [7, 11) is 1.45. The summed E-state index contributed by atoms with van der Waals surface area (Å²) in [6.45, 7) is 4.58. The molecule has 4 heteroatoms. The number of carbonyl (C=O) groups excluding carboxylic acids is 1. The fourth-order valence-electron chi connectivity index (χ4n) is 2.47. The van der Waals surface area contributed by atoms with Crippen LogP contribution in [0.2, 0.25) is 0 Å². The molecule has 0 saturated carbocycles. The third-order valence-corrected chi connectivity index (χ3v) is 3.48. The van der Waals surface area contributed by atoms with E-state index >= 15 is 0 Å². The second kappa shape index (κ2) is 6.45. The highest BCUT2D eigenvalue weighted by Gasteiger charge is 2.25. The van der Waals surface area contributed by atoms with Crippen molar-refractivity contribution in [2.45, 2.75) is 19.8 Å². The molecular formula is C15H21NO3. The Balaban J connectivity index is 1.91. The SMILES string of the molecule is CCOc1ccc(N2CCC(CC(=O)OC)C2)cc1. The number of carbonyl (C=O) groups is 1. The lowest BCUT2D eigenvalue weighted by molar-refractivity contribution is -0.141. The molecule has 1 saturated heterocycles. The topological polar surface area (TPSA) is 38.8 Å². The van der Waals surface area contributed by atoms with Crippen molar-refractivity contribution >= 4 is 11.7 Å². The summed E-state index contributed by atoms with van der Waals surface area (Å²) in [5.74, 6) is 1.19. The number of rotatable bonds is 5. The standard InChI is InChI=1S/C15H21NO3/c1-3-19-14-6-4-13(5-7-14)16-9-8-12(11-16)10-15(17)18-2/h4-7,12H,3,8-11H2,1-2H3. The van der Waals surface area contributed by atoms with Crippen LogP contribution in [0.25, 0.3) is 0 Å². The van der Waals surface area contributed by atoms with Crippen LogP contribution in [-0.4, -0.2) is 32.8 Å². The van der Waals surface area contributed by atoms with E-state index in [1.807, 2.05) is 19.1 Å². The van der Waals surface area contributed by atoms with Gasteiger partial charge in [0.1, 0.15) is 5.75 Å². The number of ether oxygens (including phenoxy) is 2. The Morgan fingerprint density at radius 3 is 2.74 bits per heavy atom. The maximum Gasteiger partial charge on any atom is 0.305 e. The smallest absolute Gasteiger partial charge is 0.305 e. The Bertz CT molecular complexity index is 416. The predicted octanol–water partition coefficient (Wildman–Crippen LogP) is 2.47. The van der Waals surface area contributed by atoms with Gasteiger partial charge in [0, 0.05) is 18.8 Å². The van der Waals surface area contributed by atoms with Crippen molar-refractivity contribution in [3.8, 4) is 5.75 Å². The van der Waals surface area contributed by atoms with Crippen molar-refractivity contribution in [1.29, 1.82) is 0 Å². The minimum absolute atomic E-state index is 0.112. The number of nitrogens with zero attached hydrogens (tertiary/aromatic N) is 1. The normalized spacial score (nSPS) is 18.4. The van der Waals surface area contributed by atoms with E-state index in [-0.39, 0.29) is 5.97 Å². The Morgan fingerprint density at radius 1 is 1.37 bits per heavy atom. The minimum atomic E-state index is -0.112. The zero-order valence-corrected chi connectivity index (χ0v) is 11.6. The Labute approximate surface area is 114 Å². The van der Waals surface area contributed by atoms with Gasteiger partial charge in [-0.05, 0) is 43.5 Å². The van der Waals surface area contributed by atoms with Gasteiger partial charge in [-0.25, -0.2) is 0 Å². The molecule has 0 aromatic heterocycles. The molecule has 104 valence electrons. The monoisotopic (exact) mass is 263 g/mol. The Kier molecular flexibility index (Phi) is 4.66. The van der Waals surface area contributed by atoms with Crippen molar-refractivity contribution in [3.05, 3.63) is 24.3 Å². The van der Waals surface area contributed by atoms with Gasteiger partial charge in [-0.3, -0.25) is 4.79 Å². The number of esters is 1. The summed E-state index contributed by atoms with van der Waals surface area (Å²) >= 11 is 0. The molecule has 1 aliphatic rings. The molecule has 1 aliphatic heterocycles. The van der Waals surface area contributed by atoms with E-state index < -0.39 is 0 Å². The molecule has 1 heterocycles. The highest BCUT2D eigenvalue weighted by Crippen LogP contribution is 2.27. The molecule has 0 radical (unpaired) electrons. The average Bonchev–Trinajstić information content (AvgIpc) is 2.88. The lowest BCUT2D eigenvalue weighted by Crippen LogP contribution is -2.20. The molecule has 1 fully saturated rings. The zero-order valence-electron chi connectivity index (χ0n) is 11.6. The fraction of sp³-hybridized carbons (Fsp3) is 0.533. The van der Waals surface area contributed by atoms with Gasteiger partial charge in [0.05, 0.1) is 20.1 Å². The molecule has 4 nitrogen and oxygen atoms in total. The molecule has 1 aromatic rings. The molecule has 0 spiro atoms. The van der Waals surface area contributed by atoms with Gasteiger partial charge in [-0.15, -0.1) is 0 Å². The number of hydrogen-bond acceptors (Lipinski definition) is 4. The van der Waals surface area contributed by atoms with E-state index in [9.17, 15) is 4.79 Å². The molecule has 0 bridgehead atoms. The van der Waals surface area contributed by atoms with Gasteiger partial charge in [0.2, 0.25) is 0 Å². The number of benzene rings is 1. The van der Waals surface area contributed by atoms with Crippen LogP contribution in [-0.2, 0) is 9.53 Å². The molecule has 1 aromatic carbocycles. The first-order valence-electron chi connectivity index (χ1n) is 6.77. The third kappa shape index (κ3) is 3.63. The second-order valence-electron chi connectivity index (χ2n) is 4.81. The summed E-state index contributed by atoms with van der Waals surface area (Å²) in [4.78, 5) is 13.6. The van der Waals surface area contributed by atoms with Crippen LogP contribution in [0.1, 0.15) is 19.8 Å². The van der Waals surface area contributed by atoms with Crippen molar-refractivity contribution in [3.63, 3.8) is 0 Å². The summed E-state index contributed by atoms with van der Waals surface area (Å²) in [5, 5.41) is 0. The van der Waals surface area contributed by atoms with Crippen LogP contribution in [0.15, 0.2) is 24.3 Å².